The van der Waals surface area contributed by atoms with Crippen LogP contribution in [-0.2, 0) is 9.59 Å². The Labute approximate surface area is 138 Å². The minimum Gasteiger partial charge on any atom is -0.480 e. The van der Waals surface area contributed by atoms with Gasteiger partial charge in [-0.15, -0.1) is 0 Å². The number of nitrogens with zero attached hydrogens (tertiary/aromatic N) is 1. The highest BCUT2D eigenvalue weighted by atomic mass is 16.4. The summed E-state index contributed by atoms with van der Waals surface area (Å²) in [7, 11) is 0. The SMILES string of the molecule is CCCCCCCCCCC(CC)C(=O)N(CC(=O)O)C(=O)O. The molecule has 0 spiro atoms. The molecule has 1 atom stereocenters. The van der Waals surface area contributed by atoms with E-state index in [1.54, 1.807) is 0 Å². The molecule has 1 unspecified atom stereocenters. The fourth-order valence-electron chi connectivity index (χ4n) is 2.62. The molecular formula is C17H31NO5. The standard InChI is InChI=1S/C17H31NO5/c1-3-5-6-7-8-9-10-11-12-14(4-2)16(21)18(17(22)23)13-15(19)20/h14H,3-13H2,1-2H3,(H,19,20)(H,22,23). The molecule has 2 amide bonds. The average molecular weight is 329 g/mol. The van der Waals surface area contributed by atoms with E-state index in [1.165, 1.54) is 32.1 Å². The first-order valence-corrected chi connectivity index (χ1v) is 8.70. The van der Waals surface area contributed by atoms with Gasteiger partial charge in [-0.1, -0.05) is 65.2 Å². The lowest BCUT2D eigenvalue weighted by molar-refractivity contribution is -0.144. The smallest absolute Gasteiger partial charge is 0.414 e. The van der Waals surface area contributed by atoms with Crippen LogP contribution >= 0.6 is 0 Å². The van der Waals surface area contributed by atoms with Crippen LogP contribution in [-0.4, -0.2) is 39.6 Å². The first kappa shape index (κ1) is 21.4. The Hall–Kier alpha value is -1.59. The molecule has 0 aromatic carbocycles. The summed E-state index contributed by atoms with van der Waals surface area (Å²) in [4.78, 5) is 34.3. The fourth-order valence-corrected chi connectivity index (χ4v) is 2.62. The van der Waals surface area contributed by atoms with Crippen LogP contribution in [0.1, 0.15) is 78.1 Å². The summed E-state index contributed by atoms with van der Waals surface area (Å²) in [5.74, 6) is -2.32. The van der Waals surface area contributed by atoms with Gasteiger partial charge in [-0.3, -0.25) is 9.59 Å². The van der Waals surface area contributed by atoms with Crippen LogP contribution in [0.5, 0.6) is 0 Å². The van der Waals surface area contributed by atoms with Crippen LogP contribution < -0.4 is 0 Å². The van der Waals surface area contributed by atoms with E-state index in [2.05, 4.69) is 6.92 Å². The van der Waals surface area contributed by atoms with Crippen molar-refractivity contribution < 1.29 is 24.6 Å². The minimum absolute atomic E-state index is 0.412. The number of aliphatic carboxylic acids is 1. The average Bonchev–Trinajstić information content (AvgIpc) is 2.50. The lowest BCUT2D eigenvalue weighted by Crippen LogP contribution is -2.43. The van der Waals surface area contributed by atoms with E-state index in [9.17, 15) is 14.4 Å². The van der Waals surface area contributed by atoms with Crippen LogP contribution in [0.4, 0.5) is 4.79 Å². The second kappa shape index (κ2) is 12.9. The zero-order valence-corrected chi connectivity index (χ0v) is 14.4. The maximum atomic E-state index is 12.2. The highest BCUT2D eigenvalue weighted by Gasteiger charge is 2.28. The van der Waals surface area contributed by atoms with E-state index in [1.807, 2.05) is 6.92 Å². The summed E-state index contributed by atoms with van der Waals surface area (Å²) in [6, 6.07) is 0. The lowest BCUT2D eigenvalue weighted by Gasteiger charge is -2.21. The number of carbonyl (C=O) groups excluding carboxylic acids is 1. The number of hydrogen-bond donors (Lipinski definition) is 2. The summed E-state index contributed by atoms with van der Waals surface area (Å²) in [5, 5.41) is 17.7. The number of carbonyl (C=O) groups is 3. The van der Waals surface area contributed by atoms with Gasteiger partial charge in [0.15, 0.2) is 0 Å². The number of amides is 2. The Balaban J connectivity index is 4.14. The van der Waals surface area contributed by atoms with Gasteiger partial charge in [0.2, 0.25) is 5.91 Å². The number of unbranched alkanes of at least 4 members (excludes halogenated alkanes) is 7. The largest absolute Gasteiger partial charge is 0.480 e. The molecule has 6 nitrogen and oxygen atoms in total. The van der Waals surface area contributed by atoms with E-state index in [-0.39, 0.29) is 0 Å². The number of carboxylic acids is 1. The van der Waals surface area contributed by atoms with Crippen LogP contribution in [0, 0.1) is 5.92 Å². The van der Waals surface area contributed by atoms with Gasteiger partial charge >= 0.3 is 12.1 Å². The zero-order chi connectivity index (χ0) is 17.7. The van der Waals surface area contributed by atoms with E-state index < -0.39 is 30.4 Å². The van der Waals surface area contributed by atoms with E-state index in [4.69, 9.17) is 10.2 Å². The molecule has 0 aromatic rings. The van der Waals surface area contributed by atoms with E-state index in [0.29, 0.717) is 17.7 Å². The monoisotopic (exact) mass is 329 g/mol. The van der Waals surface area contributed by atoms with Crippen LogP contribution in [0.3, 0.4) is 0 Å². The van der Waals surface area contributed by atoms with Crippen molar-refractivity contribution in [3.05, 3.63) is 0 Å². The Morgan fingerprint density at radius 1 is 0.870 bits per heavy atom. The summed E-state index contributed by atoms with van der Waals surface area (Å²) in [6.07, 6.45) is 8.92. The molecule has 134 valence electrons. The molecule has 6 heteroatoms. The van der Waals surface area contributed by atoms with Crippen molar-refractivity contribution in [3.8, 4) is 0 Å². The normalized spacial score (nSPS) is 11.9. The van der Waals surface area contributed by atoms with Crippen molar-refractivity contribution in [3.63, 3.8) is 0 Å². The first-order valence-electron chi connectivity index (χ1n) is 8.70. The summed E-state index contributed by atoms with van der Waals surface area (Å²) in [5.41, 5.74) is 0. The molecule has 0 aliphatic heterocycles. The van der Waals surface area contributed by atoms with Crippen molar-refractivity contribution in [1.29, 1.82) is 0 Å². The van der Waals surface area contributed by atoms with Gasteiger partial charge in [0.05, 0.1) is 0 Å². The van der Waals surface area contributed by atoms with Crippen LogP contribution in [0.25, 0.3) is 0 Å². The molecular weight excluding hydrogens is 298 g/mol. The quantitative estimate of drug-likeness (QED) is 0.495. The topological polar surface area (TPSA) is 94.9 Å². The first-order chi connectivity index (χ1) is 10.9. The van der Waals surface area contributed by atoms with Gasteiger partial charge in [-0.25, -0.2) is 9.69 Å². The molecule has 23 heavy (non-hydrogen) atoms. The summed E-state index contributed by atoms with van der Waals surface area (Å²) < 4.78 is 0. The maximum absolute atomic E-state index is 12.2. The van der Waals surface area contributed by atoms with Gasteiger partial charge in [0.1, 0.15) is 6.54 Å². The van der Waals surface area contributed by atoms with Gasteiger partial charge in [0.25, 0.3) is 0 Å². The Morgan fingerprint density at radius 2 is 1.39 bits per heavy atom. The van der Waals surface area contributed by atoms with Crippen molar-refractivity contribution in [1.82, 2.24) is 4.90 Å². The Kier molecular flexibility index (Phi) is 12.0. The second-order valence-corrected chi connectivity index (χ2v) is 5.97. The highest BCUT2D eigenvalue weighted by molar-refractivity contribution is 5.95. The molecule has 0 saturated carbocycles. The highest BCUT2D eigenvalue weighted by Crippen LogP contribution is 2.18. The minimum atomic E-state index is -1.49. The predicted molar refractivity (Wildman–Crippen MR) is 88.4 cm³/mol. The predicted octanol–water partition coefficient (Wildman–Crippen LogP) is 4.13. The third-order valence-corrected chi connectivity index (χ3v) is 4.04. The molecule has 0 aliphatic rings. The number of imide groups is 1. The van der Waals surface area contributed by atoms with Gasteiger partial charge in [0, 0.05) is 5.92 Å². The molecule has 0 aliphatic carbocycles. The Bertz CT molecular complexity index is 370. The number of carboxylic acid groups (broad SMARTS) is 2. The van der Waals surface area contributed by atoms with Gasteiger partial charge in [-0.05, 0) is 12.8 Å². The fraction of sp³-hybridized carbons (Fsp3) is 0.824. The van der Waals surface area contributed by atoms with Crippen LogP contribution in [0.15, 0.2) is 0 Å². The van der Waals surface area contributed by atoms with Gasteiger partial charge in [-0.2, -0.15) is 0 Å². The van der Waals surface area contributed by atoms with Crippen LogP contribution in [0.2, 0.25) is 0 Å². The maximum Gasteiger partial charge on any atom is 0.414 e. The lowest BCUT2D eigenvalue weighted by atomic mass is 9.96. The van der Waals surface area contributed by atoms with E-state index in [0.717, 1.165) is 19.3 Å². The molecule has 0 saturated heterocycles. The van der Waals surface area contributed by atoms with Crippen molar-refractivity contribution in [2.75, 3.05) is 6.54 Å². The zero-order valence-electron chi connectivity index (χ0n) is 14.4. The van der Waals surface area contributed by atoms with Crippen molar-refractivity contribution in [2.45, 2.75) is 78.1 Å². The van der Waals surface area contributed by atoms with Crippen molar-refractivity contribution in [2.24, 2.45) is 5.92 Å². The third-order valence-electron chi connectivity index (χ3n) is 4.04. The molecule has 0 heterocycles. The Morgan fingerprint density at radius 3 is 1.83 bits per heavy atom. The molecule has 0 fully saturated rings. The third kappa shape index (κ3) is 9.92. The molecule has 0 aromatic heterocycles. The molecule has 0 bridgehead atoms. The molecule has 0 radical (unpaired) electrons. The molecule has 2 N–H and O–H groups in total. The summed E-state index contributed by atoms with van der Waals surface area (Å²) in [6.45, 7) is 3.23. The van der Waals surface area contributed by atoms with Crippen molar-refractivity contribution >= 4 is 18.0 Å². The number of rotatable bonds is 13. The van der Waals surface area contributed by atoms with Gasteiger partial charge < -0.3 is 10.2 Å². The van der Waals surface area contributed by atoms with E-state index >= 15 is 0 Å². The number of hydrogen-bond acceptors (Lipinski definition) is 3. The summed E-state index contributed by atoms with van der Waals surface area (Å²) >= 11 is 0. The second-order valence-electron chi connectivity index (χ2n) is 5.97. The molecule has 0 rings (SSSR count).